The molecule has 1 unspecified atom stereocenters. The maximum Gasteiger partial charge on any atom is 0.356 e. The van der Waals surface area contributed by atoms with E-state index in [0.717, 1.165) is 0 Å². The number of nitrogens with zero attached hydrogens (tertiary/aromatic N) is 2. The Balaban J connectivity index is 2.23. The molecule has 0 aliphatic carbocycles. The van der Waals surface area contributed by atoms with Crippen LogP contribution in [0.15, 0.2) is 6.07 Å². The van der Waals surface area contributed by atoms with E-state index in [-0.39, 0.29) is 18.4 Å². The second-order valence-corrected chi connectivity index (χ2v) is 2.78. The molecular weight excluding hydrogens is 176 g/mol. The molecular formula is C7H8N2O4. The highest BCUT2D eigenvalue weighted by atomic mass is 16.5. The molecule has 0 saturated heterocycles. The van der Waals surface area contributed by atoms with Crippen molar-refractivity contribution < 1.29 is 19.7 Å². The number of aromatic carboxylic acids is 1. The van der Waals surface area contributed by atoms with Crippen molar-refractivity contribution in [2.75, 3.05) is 6.61 Å². The fourth-order valence-electron chi connectivity index (χ4n) is 1.23. The molecule has 2 rings (SSSR count). The third kappa shape index (κ3) is 1.25. The van der Waals surface area contributed by atoms with Gasteiger partial charge in [-0.15, -0.1) is 0 Å². The predicted octanol–water partition coefficient (Wildman–Crippen LogP) is -0.665. The zero-order chi connectivity index (χ0) is 9.42. The maximum absolute atomic E-state index is 10.5. The highest BCUT2D eigenvalue weighted by molar-refractivity contribution is 5.85. The Hall–Kier alpha value is -1.56. The lowest BCUT2D eigenvalue weighted by atomic mass is 10.4. The van der Waals surface area contributed by atoms with Gasteiger partial charge in [-0.3, -0.25) is 0 Å². The van der Waals surface area contributed by atoms with Gasteiger partial charge in [0.15, 0.2) is 5.69 Å². The molecule has 0 bridgehead atoms. The molecule has 1 atom stereocenters. The Labute approximate surface area is 73.4 Å². The topological polar surface area (TPSA) is 84.6 Å². The number of ether oxygens (including phenoxy) is 1. The summed E-state index contributed by atoms with van der Waals surface area (Å²) in [6.07, 6.45) is -0.301. The highest BCUT2D eigenvalue weighted by Gasteiger charge is 2.25. The van der Waals surface area contributed by atoms with Crippen LogP contribution in [0, 0.1) is 0 Å². The van der Waals surface area contributed by atoms with Gasteiger partial charge >= 0.3 is 5.97 Å². The number of aromatic nitrogens is 2. The fourth-order valence-corrected chi connectivity index (χ4v) is 1.23. The van der Waals surface area contributed by atoms with Crippen molar-refractivity contribution in [3.05, 3.63) is 11.8 Å². The Kier molecular flexibility index (Phi) is 1.70. The Bertz CT molecular complexity index is 323. The minimum atomic E-state index is -1.08. The summed E-state index contributed by atoms with van der Waals surface area (Å²) in [7, 11) is 0. The molecule has 0 amide bonds. The van der Waals surface area contributed by atoms with Gasteiger partial charge in [0.1, 0.15) is 6.10 Å². The van der Waals surface area contributed by atoms with E-state index in [1.807, 2.05) is 0 Å². The molecule has 0 spiro atoms. The first-order valence-electron chi connectivity index (χ1n) is 3.79. The Morgan fingerprint density at radius 2 is 2.62 bits per heavy atom. The van der Waals surface area contributed by atoms with Gasteiger partial charge in [-0.05, 0) is 0 Å². The van der Waals surface area contributed by atoms with Crippen LogP contribution < -0.4 is 4.74 Å². The van der Waals surface area contributed by atoms with E-state index < -0.39 is 5.97 Å². The van der Waals surface area contributed by atoms with Gasteiger partial charge in [0.25, 0.3) is 0 Å². The number of aliphatic hydroxyl groups is 1. The van der Waals surface area contributed by atoms with Gasteiger partial charge < -0.3 is 14.9 Å². The molecule has 13 heavy (non-hydrogen) atoms. The van der Waals surface area contributed by atoms with Crippen LogP contribution in [0.4, 0.5) is 0 Å². The standard InChI is InChI=1S/C7H8N2O4/c10-3-4-2-9-6(13-4)1-5(8-9)7(11)12/h1,4,10H,2-3H2,(H,11,12). The second-order valence-electron chi connectivity index (χ2n) is 2.78. The summed E-state index contributed by atoms with van der Waals surface area (Å²) in [5.74, 6) is -0.678. The van der Waals surface area contributed by atoms with Crippen LogP contribution in [0.3, 0.4) is 0 Å². The number of hydrogen-bond donors (Lipinski definition) is 2. The number of carbonyl (C=O) groups is 1. The number of carboxylic acid groups (broad SMARTS) is 1. The van der Waals surface area contributed by atoms with Gasteiger partial charge in [-0.1, -0.05) is 0 Å². The summed E-state index contributed by atoms with van der Waals surface area (Å²) in [5, 5.41) is 21.1. The van der Waals surface area contributed by atoms with Crippen molar-refractivity contribution in [2.24, 2.45) is 0 Å². The van der Waals surface area contributed by atoms with Crippen LogP contribution in [0.5, 0.6) is 5.88 Å². The van der Waals surface area contributed by atoms with Crippen LogP contribution in [0.2, 0.25) is 0 Å². The van der Waals surface area contributed by atoms with E-state index in [0.29, 0.717) is 12.4 Å². The van der Waals surface area contributed by atoms with Gasteiger partial charge in [0, 0.05) is 6.07 Å². The molecule has 1 aromatic heterocycles. The monoisotopic (exact) mass is 184 g/mol. The van der Waals surface area contributed by atoms with Crippen molar-refractivity contribution in [1.29, 1.82) is 0 Å². The highest BCUT2D eigenvalue weighted by Crippen LogP contribution is 2.22. The molecule has 1 aliphatic heterocycles. The summed E-state index contributed by atoms with van der Waals surface area (Å²) in [4.78, 5) is 10.5. The van der Waals surface area contributed by atoms with E-state index in [1.165, 1.54) is 10.7 Å². The molecule has 2 heterocycles. The zero-order valence-electron chi connectivity index (χ0n) is 6.67. The van der Waals surface area contributed by atoms with Crippen molar-refractivity contribution in [2.45, 2.75) is 12.6 Å². The average molecular weight is 184 g/mol. The summed E-state index contributed by atoms with van der Waals surface area (Å²) >= 11 is 0. The molecule has 2 N–H and O–H groups in total. The van der Waals surface area contributed by atoms with Crippen LogP contribution in [-0.2, 0) is 6.54 Å². The lowest BCUT2D eigenvalue weighted by molar-refractivity contribution is 0.0688. The van der Waals surface area contributed by atoms with Gasteiger partial charge in [0.05, 0.1) is 13.2 Å². The molecule has 0 aromatic carbocycles. The lowest BCUT2D eigenvalue weighted by Crippen LogP contribution is -2.19. The van der Waals surface area contributed by atoms with Crippen molar-refractivity contribution in [1.82, 2.24) is 9.78 Å². The fraction of sp³-hybridized carbons (Fsp3) is 0.429. The van der Waals surface area contributed by atoms with Crippen LogP contribution in [-0.4, -0.2) is 38.7 Å². The van der Waals surface area contributed by atoms with Crippen molar-refractivity contribution in [3.63, 3.8) is 0 Å². The molecule has 6 heteroatoms. The maximum atomic E-state index is 10.5. The van der Waals surface area contributed by atoms with Crippen LogP contribution in [0.25, 0.3) is 0 Å². The molecule has 6 nitrogen and oxygen atoms in total. The van der Waals surface area contributed by atoms with E-state index in [4.69, 9.17) is 14.9 Å². The number of carboxylic acids is 1. The van der Waals surface area contributed by atoms with Gasteiger partial charge in [-0.25, -0.2) is 9.48 Å². The lowest BCUT2D eigenvalue weighted by Gasteiger charge is -2.02. The first-order valence-corrected chi connectivity index (χ1v) is 3.79. The van der Waals surface area contributed by atoms with E-state index in [2.05, 4.69) is 5.10 Å². The van der Waals surface area contributed by atoms with Gasteiger partial charge in [0.2, 0.25) is 5.88 Å². The average Bonchev–Trinajstić information content (AvgIpc) is 2.58. The molecule has 0 saturated carbocycles. The first kappa shape index (κ1) is 8.06. The van der Waals surface area contributed by atoms with E-state index in [1.54, 1.807) is 0 Å². The smallest absolute Gasteiger partial charge is 0.356 e. The Morgan fingerprint density at radius 3 is 3.15 bits per heavy atom. The first-order chi connectivity index (χ1) is 6.20. The minimum Gasteiger partial charge on any atom is -0.476 e. The summed E-state index contributed by atoms with van der Waals surface area (Å²) in [6, 6.07) is 1.35. The third-order valence-electron chi connectivity index (χ3n) is 1.83. The van der Waals surface area contributed by atoms with Crippen LogP contribution in [0.1, 0.15) is 10.5 Å². The normalized spacial score (nSPS) is 19.6. The largest absolute Gasteiger partial charge is 0.476 e. The molecule has 70 valence electrons. The van der Waals surface area contributed by atoms with Crippen molar-refractivity contribution in [3.8, 4) is 5.88 Å². The van der Waals surface area contributed by atoms with Crippen molar-refractivity contribution >= 4 is 5.97 Å². The zero-order valence-corrected chi connectivity index (χ0v) is 6.67. The van der Waals surface area contributed by atoms with E-state index in [9.17, 15) is 4.79 Å². The Morgan fingerprint density at radius 1 is 1.85 bits per heavy atom. The second kappa shape index (κ2) is 2.74. The molecule has 1 aromatic rings. The third-order valence-corrected chi connectivity index (χ3v) is 1.83. The number of fused-ring (bicyclic) bond motifs is 1. The predicted molar refractivity (Wildman–Crippen MR) is 40.7 cm³/mol. The minimum absolute atomic E-state index is 0.0358. The summed E-state index contributed by atoms with van der Waals surface area (Å²) < 4.78 is 6.61. The summed E-state index contributed by atoms with van der Waals surface area (Å²) in [6.45, 7) is 0.310. The van der Waals surface area contributed by atoms with Gasteiger partial charge in [-0.2, -0.15) is 5.10 Å². The molecule has 1 aliphatic rings. The summed E-state index contributed by atoms with van der Waals surface area (Å²) in [5.41, 5.74) is -0.0358. The number of rotatable bonds is 2. The molecule has 0 fully saturated rings. The quantitative estimate of drug-likeness (QED) is 0.637. The number of hydrogen-bond acceptors (Lipinski definition) is 4. The van der Waals surface area contributed by atoms with Crippen LogP contribution >= 0.6 is 0 Å². The number of aliphatic hydroxyl groups excluding tert-OH is 1. The SMILES string of the molecule is O=C(O)c1cc2n(n1)CC(CO)O2. The molecule has 0 radical (unpaired) electrons. The van der Waals surface area contributed by atoms with E-state index >= 15 is 0 Å².